The second-order valence-corrected chi connectivity index (χ2v) is 5.00. The van der Waals surface area contributed by atoms with Crippen LogP contribution in [0.2, 0.25) is 0 Å². The highest BCUT2D eigenvalue weighted by molar-refractivity contribution is 5.84. The Morgan fingerprint density at radius 2 is 2.05 bits per heavy atom. The van der Waals surface area contributed by atoms with E-state index < -0.39 is 0 Å². The molecule has 0 saturated heterocycles. The van der Waals surface area contributed by atoms with E-state index in [1.165, 1.54) is 0 Å². The van der Waals surface area contributed by atoms with Crippen molar-refractivity contribution in [1.82, 2.24) is 5.32 Å². The van der Waals surface area contributed by atoms with Crippen LogP contribution in [0.25, 0.3) is 0 Å². The molecule has 0 bridgehead atoms. The second-order valence-electron chi connectivity index (χ2n) is 5.00. The number of amides is 1. The quantitative estimate of drug-likeness (QED) is 0.728. The van der Waals surface area contributed by atoms with Gasteiger partial charge in [0.05, 0.1) is 7.11 Å². The van der Waals surface area contributed by atoms with Gasteiger partial charge < -0.3 is 20.7 Å². The molecule has 0 aromatic heterocycles. The largest absolute Gasteiger partial charge is 0.497 e. The van der Waals surface area contributed by atoms with Gasteiger partial charge in [-0.15, -0.1) is 0 Å². The fourth-order valence-corrected chi connectivity index (χ4v) is 2.12. The molecule has 0 fully saturated rings. The molecule has 21 heavy (non-hydrogen) atoms. The number of carbonyl (C=O) groups excluding carboxylic acids is 1. The van der Waals surface area contributed by atoms with Gasteiger partial charge in [-0.05, 0) is 50.6 Å². The molecular formula is C16H27N3O2. The van der Waals surface area contributed by atoms with E-state index >= 15 is 0 Å². The zero-order chi connectivity index (χ0) is 15.7. The maximum absolute atomic E-state index is 12.2. The molecule has 0 aliphatic carbocycles. The van der Waals surface area contributed by atoms with Crippen LogP contribution in [0, 0.1) is 0 Å². The first-order valence-electron chi connectivity index (χ1n) is 7.52. The Kier molecular flexibility index (Phi) is 7.61. The van der Waals surface area contributed by atoms with Crippen molar-refractivity contribution < 1.29 is 9.53 Å². The first-order valence-corrected chi connectivity index (χ1v) is 7.52. The molecule has 1 unspecified atom stereocenters. The minimum atomic E-state index is -0.225. The maximum atomic E-state index is 12.2. The summed E-state index contributed by atoms with van der Waals surface area (Å²) in [5.74, 6) is 0.852. The molecule has 0 radical (unpaired) electrons. The SMILES string of the molecule is CCCNC(=O)C(C)N(CCCN)c1ccc(OC)cc1. The van der Waals surface area contributed by atoms with Gasteiger partial charge in [-0.3, -0.25) is 4.79 Å². The van der Waals surface area contributed by atoms with Gasteiger partial charge in [0.2, 0.25) is 5.91 Å². The van der Waals surface area contributed by atoms with E-state index in [4.69, 9.17) is 10.5 Å². The number of rotatable bonds is 9. The van der Waals surface area contributed by atoms with E-state index in [0.717, 1.165) is 30.8 Å². The normalized spacial score (nSPS) is 11.8. The van der Waals surface area contributed by atoms with Crippen LogP contribution in [-0.2, 0) is 4.79 Å². The van der Waals surface area contributed by atoms with Crippen LogP contribution in [0.15, 0.2) is 24.3 Å². The van der Waals surface area contributed by atoms with Crippen LogP contribution in [0.3, 0.4) is 0 Å². The van der Waals surface area contributed by atoms with Gasteiger partial charge in [0.25, 0.3) is 0 Å². The summed E-state index contributed by atoms with van der Waals surface area (Å²) in [5, 5.41) is 2.94. The fourth-order valence-electron chi connectivity index (χ4n) is 2.12. The second kappa shape index (κ2) is 9.23. The van der Waals surface area contributed by atoms with E-state index in [2.05, 4.69) is 10.2 Å². The number of nitrogens with two attached hydrogens (primary N) is 1. The summed E-state index contributed by atoms with van der Waals surface area (Å²) >= 11 is 0. The summed E-state index contributed by atoms with van der Waals surface area (Å²) in [7, 11) is 1.64. The van der Waals surface area contributed by atoms with Crippen molar-refractivity contribution in [3.8, 4) is 5.75 Å². The molecule has 0 saturated carbocycles. The monoisotopic (exact) mass is 293 g/mol. The molecule has 1 atom stereocenters. The highest BCUT2D eigenvalue weighted by atomic mass is 16.5. The van der Waals surface area contributed by atoms with Gasteiger partial charge >= 0.3 is 0 Å². The molecule has 5 nitrogen and oxygen atoms in total. The average Bonchev–Trinajstić information content (AvgIpc) is 2.53. The van der Waals surface area contributed by atoms with Crippen LogP contribution >= 0.6 is 0 Å². The van der Waals surface area contributed by atoms with Crippen LogP contribution in [0.4, 0.5) is 5.69 Å². The molecule has 0 aliphatic rings. The number of anilines is 1. The lowest BCUT2D eigenvalue weighted by atomic mass is 10.2. The van der Waals surface area contributed by atoms with E-state index in [1.54, 1.807) is 7.11 Å². The van der Waals surface area contributed by atoms with Crippen LogP contribution in [0.1, 0.15) is 26.7 Å². The number of hydrogen-bond acceptors (Lipinski definition) is 4. The summed E-state index contributed by atoms with van der Waals surface area (Å²) in [5.41, 5.74) is 6.61. The lowest BCUT2D eigenvalue weighted by Crippen LogP contribution is -2.46. The molecule has 1 aromatic carbocycles. The van der Waals surface area contributed by atoms with Crippen molar-refractivity contribution in [2.24, 2.45) is 5.73 Å². The first-order chi connectivity index (χ1) is 10.1. The number of hydrogen-bond donors (Lipinski definition) is 2. The Labute approximate surface area is 127 Å². The maximum Gasteiger partial charge on any atom is 0.242 e. The van der Waals surface area contributed by atoms with Gasteiger partial charge in [0.15, 0.2) is 0 Å². The summed E-state index contributed by atoms with van der Waals surface area (Å²) in [6, 6.07) is 7.53. The molecule has 0 heterocycles. The van der Waals surface area contributed by atoms with Crippen molar-refractivity contribution in [2.75, 3.05) is 31.6 Å². The predicted molar refractivity (Wildman–Crippen MR) is 86.8 cm³/mol. The first kappa shape index (κ1) is 17.3. The Balaban J connectivity index is 2.84. The number of ether oxygens (including phenoxy) is 1. The minimum Gasteiger partial charge on any atom is -0.497 e. The van der Waals surface area contributed by atoms with E-state index in [0.29, 0.717) is 13.1 Å². The van der Waals surface area contributed by atoms with E-state index in [9.17, 15) is 4.79 Å². The Hall–Kier alpha value is -1.75. The van der Waals surface area contributed by atoms with Gasteiger partial charge in [0, 0.05) is 18.8 Å². The molecule has 1 aromatic rings. The average molecular weight is 293 g/mol. The number of benzene rings is 1. The van der Waals surface area contributed by atoms with Crippen molar-refractivity contribution in [3.63, 3.8) is 0 Å². The van der Waals surface area contributed by atoms with Crippen molar-refractivity contribution in [2.45, 2.75) is 32.7 Å². The standard InChI is InChI=1S/C16H27N3O2/c1-4-11-18-16(20)13(2)19(12-5-10-17)14-6-8-15(21-3)9-7-14/h6-9,13H,4-5,10-12,17H2,1-3H3,(H,18,20). The van der Waals surface area contributed by atoms with Gasteiger partial charge in [-0.1, -0.05) is 6.92 Å². The van der Waals surface area contributed by atoms with E-state index in [-0.39, 0.29) is 11.9 Å². The van der Waals surface area contributed by atoms with Crippen molar-refractivity contribution in [3.05, 3.63) is 24.3 Å². The zero-order valence-corrected chi connectivity index (χ0v) is 13.3. The van der Waals surface area contributed by atoms with Crippen molar-refractivity contribution in [1.29, 1.82) is 0 Å². The highest BCUT2D eigenvalue weighted by Crippen LogP contribution is 2.21. The molecule has 1 amide bonds. The Morgan fingerprint density at radius 1 is 1.38 bits per heavy atom. The summed E-state index contributed by atoms with van der Waals surface area (Å²) in [6.07, 6.45) is 1.78. The molecule has 3 N–H and O–H groups in total. The van der Waals surface area contributed by atoms with Crippen LogP contribution < -0.4 is 20.7 Å². The molecular weight excluding hydrogens is 266 g/mol. The lowest BCUT2D eigenvalue weighted by Gasteiger charge is -2.30. The summed E-state index contributed by atoms with van der Waals surface area (Å²) in [6.45, 7) is 6.03. The minimum absolute atomic E-state index is 0.0460. The lowest BCUT2D eigenvalue weighted by molar-refractivity contribution is -0.122. The van der Waals surface area contributed by atoms with Gasteiger partial charge in [-0.25, -0.2) is 0 Å². The predicted octanol–water partition coefficient (Wildman–Crippen LogP) is 1.77. The highest BCUT2D eigenvalue weighted by Gasteiger charge is 2.20. The van der Waals surface area contributed by atoms with E-state index in [1.807, 2.05) is 38.1 Å². The molecule has 0 spiro atoms. The number of carbonyl (C=O) groups is 1. The zero-order valence-electron chi connectivity index (χ0n) is 13.3. The molecule has 0 aliphatic heterocycles. The van der Waals surface area contributed by atoms with Crippen LogP contribution in [-0.4, -0.2) is 38.7 Å². The molecule has 1 rings (SSSR count). The van der Waals surface area contributed by atoms with Crippen LogP contribution in [0.5, 0.6) is 5.75 Å². The smallest absolute Gasteiger partial charge is 0.242 e. The number of methoxy groups -OCH3 is 1. The molecule has 118 valence electrons. The molecule has 5 heteroatoms. The number of nitrogens with one attached hydrogen (secondary N) is 1. The summed E-state index contributed by atoms with van der Waals surface area (Å²) < 4.78 is 5.17. The van der Waals surface area contributed by atoms with Gasteiger partial charge in [-0.2, -0.15) is 0 Å². The fraction of sp³-hybridized carbons (Fsp3) is 0.562. The third kappa shape index (κ3) is 5.27. The summed E-state index contributed by atoms with van der Waals surface area (Å²) in [4.78, 5) is 14.3. The van der Waals surface area contributed by atoms with Gasteiger partial charge in [0.1, 0.15) is 11.8 Å². The Morgan fingerprint density at radius 3 is 2.57 bits per heavy atom. The third-order valence-corrected chi connectivity index (χ3v) is 3.40. The topological polar surface area (TPSA) is 67.6 Å². The van der Waals surface area contributed by atoms with Crippen molar-refractivity contribution >= 4 is 11.6 Å². The Bertz CT molecular complexity index is 420. The number of nitrogens with zero attached hydrogens (tertiary/aromatic N) is 1. The third-order valence-electron chi connectivity index (χ3n) is 3.40.